The number of aromatic nitrogens is 3. The molecule has 0 spiro atoms. The quantitative estimate of drug-likeness (QED) is 0.732. The van der Waals surface area contributed by atoms with Crippen molar-refractivity contribution in [1.82, 2.24) is 19.9 Å². The van der Waals surface area contributed by atoms with Crippen LogP contribution in [-0.2, 0) is 16.1 Å². The van der Waals surface area contributed by atoms with E-state index >= 15 is 0 Å². The lowest BCUT2D eigenvalue weighted by Gasteiger charge is -2.35. The van der Waals surface area contributed by atoms with Gasteiger partial charge in [-0.3, -0.25) is 4.79 Å². The van der Waals surface area contributed by atoms with E-state index in [9.17, 15) is 4.79 Å². The number of hydrogen-bond donors (Lipinski definition) is 1. The monoisotopic (exact) mass is 372 g/mol. The average molecular weight is 372 g/mol. The summed E-state index contributed by atoms with van der Waals surface area (Å²) in [5.74, 6) is 1.95. The molecule has 2 aliphatic rings. The van der Waals surface area contributed by atoms with Gasteiger partial charge in [-0.2, -0.15) is 0 Å². The van der Waals surface area contributed by atoms with Gasteiger partial charge in [0.15, 0.2) is 0 Å². The van der Waals surface area contributed by atoms with E-state index in [0.29, 0.717) is 25.0 Å². The number of carbonyl (C=O) groups excluding carboxylic acids is 1. The van der Waals surface area contributed by atoms with E-state index in [1.165, 1.54) is 19.8 Å². The van der Waals surface area contributed by atoms with Crippen LogP contribution in [-0.4, -0.2) is 45.8 Å². The zero-order valence-electron chi connectivity index (χ0n) is 16.1. The predicted molar refractivity (Wildman–Crippen MR) is 101 cm³/mol. The predicted octanol–water partition coefficient (Wildman–Crippen LogP) is 2.54. The first kappa shape index (κ1) is 18.2. The summed E-state index contributed by atoms with van der Waals surface area (Å²) in [7, 11) is 0. The molecular formula is C20H28N4O3. The van der Waals surface area contributed by atoms with E-state index in [4.69, 9.17) is 9.47 Å². The van der Waals surface area contributed by atoms with E-state index in [0.717, 1.165) is 36.3 Å². The van der Waals surface area contributed by atoms with Gasteiger partial charge in [-0.15, -0.1) is 0 Å². The van der Waals surface area contributed by atoms with Crippen LogP contribution in [0.5, 0.6) is 5.88 Å². The number of nitrogens with one attached hydrogen (secondary N) is 1. The van der Waals surface area contributed by atoms with Crippen molar-refractivity contribution in [3.05, 3.63) is 18.6 Å². The summed E-state index contributed by atoms with van der Waals surface area (Å²) in [6.07, 6.45) is 8.57. The van der Waals surface area contributed by atoms with Gasteiger partial charge in [-0.1, -0.05) is 0 Å². The van der Waals surface area contributed by atoms with Crippen molar-refractivity contribution in [3.63, 3.8) is 0 Å². The van der Waals surface area contributed by atoms with Gasteiger partial charge in [0.25, 0.3) is 0 Å². The van der Waals surface area contributed by atoms with Gasteiger partial charge < -0.3 is 19.4 Å². The van der Waals surface area contributed by atoms with E-state index in [1.807, 2.05) is 6.92 Å². The minimum Gasteiger partial charge on any atom is -0.477 e. The molecule has 0 saturated heterocycles. The van der Waals surface area contributed by atoms with Crippen LogP contribution in [0.2, 0.25) is 0 Å². The van der Waals surface area contributed by atoms with Crippen LogP contribution in [0.4, 0.5) is 0 Å². The molecule has 4 rings (SSSR count). The summed E-state index contributed by atoms with van der Waals surface area (Å²) in [4.78, 5) is 19.8. The molecule has 146 valence electrons. The minimum atomic E-state index is -0.0203. The third-order valence-corrected chi connectivity index (χ3v) is 5.35. The van der Waals surface area contributed by atoms with Crippen molar-refractivity contribution in [2.24, 2.45) is 11.8 Å². The summed E-state index contributed by atoms with van der Waals surface area (Å²) in [5, 5.41) is 3.83. The molecule has 0 aliphatic heterocycles. The summed E-state index contributed by atoms with van der Waals surface area (Å²) >= 11 is 0. The first-order chi connectivity index (χ1) is 13.1. The Labute approximate surface area is 159 Å². The van der Waals surface area contributed by atoms with Crippen molar-refractivity contribution >= 4 is 16.9 Å². The Morgan fingerprint density at radius 3 is 2.89 bits per heavy atom. The second kappa shape index (κ2) is 7.84. The first-order valence-electron chi connectivity index (χ1n) is 9.90. The summed E-state index contributed by atoms with van der Waals surface area (Å²) in [5.41, 5.74) is 0.966. The zero-order chi connectivity index (χ0) is 18.8. The Hall–Kier alpha value is -2.15. The number of nitrogens with zero attached hydrogens (tertiary/aromatic N) is 3. The molecule has 7 heteroatoms. The van der Waals surface area contributed by atoms with Crippen LogP contribution in [0.15, 0.2) is 18.6 Å². The third-order valence-electron chi connectivity index (χ3n) is 5.35. The topological polar surface area (TPSA) is 78.3 Å². The van der Waals surface area contributed by atoms with Crippen LogP contribution in [0, 0.1) is 11.8 Å². The number of carbonyl (C=O) groups is 1. The van der Waals surface area contributed by atoms with Gasteiger partial charge in [-0.25, -0.2) is 9.97 Å². The van der Waals surface area contributed by atoms with Crippen molar-refractivity contribution in [2.75, 3.05) is 13.2 Å². The summed E-state index contributed by atoms with van der Waals surface area (Å²) < 4.78 is 14.1. The fourth-order valence-corrected chi connectivity index (χ4v) is 3.63. The van der Waals surface area contributed by atoms with Crippen molar-refractivity contribution in [1.29, 1.82) is 0 Å². The maximum absolute atomic E-state index is 11.0. The Kier molecular flexibility index (Phi) is 5.29. The Balaban J connectivity index is 1.23. The molecule has 0 radical (unpaired) electrons. The van der Waals surface area contributed by atoms with Gasteiger partial charge in [0.05, 0.1) is 24.7 Å². The largest absolute Gasteiger partial charge is 0.477 e. The van der Waals surface area contributed by atoms with Gasteiger partial charge >= 0.3 is 0 Å². The molecule has 1 amide bonds. The van der Waals surface area contributed by atoms with Crippen LogP contribution >= 0.6 is 0 Å². The molecule has 7 nitrogen and oxygen atoms in total. The smallest absolute Gasteiger partial charge is 0.226 e. The lowest BCUT2D eigenvalue weighted by Crippen LogP contribution is -2.40. The Morgan fingerprint density at radius 2 is 2.15 bits per heavy atom. The maximum atomic E-state index is 11.0. The maximum Gasteiger partial charge on any atom is 0.226 e. The highest BCUT2D eigenvalue weighted by atomic mass is 16.5. The van der Waals surface area contributed by atoms with Crippen LogP contribution in [0.25, 0.3) is 11.0 Å². The summed E-state index contributed by atoms with van der Waals surface area (Å²) in [6, 6.07) is 2.11. The molecule has 2 fully saturated rings. The lowest BCUT2D eigenvalue weighted by atomic mass is 9.83. The van der Waals surface area contributed by atoms with Gasteiger partial charge in [0, 0.05) is 25.7 Å². The summed E-state index contributed by atoms with van der Waals surface area (Å²) in [6.45, 7) is 5.73. The molecular weight excluding hydrogens is 344 g/mol. The molecule has 27 heavy (non-hydrogen) atoms. The van der Waals surface area contributed by atoms with Crippen LogP contribution in [0.3, 0.4) is 0 Å². The molecule has 1 N–H and O–H groups in total. The highest BCUT2D eigenvalue weighted by molar-refractivity contribution is 5.81. The van der Waals surface area contributed by atoms with Crippen molar-refractivity contribution < 1.29 is 14.3 Å². The highest BCUT2D eigenvalue weighted by Crippen LogP contribution is 2.34. The Morgan fingerprint density at radius 1 is 1.33 bits per heavy atom. The number of rotatable bonds is 9. The third kappa shape index (κ3) is 4.58. The minimum absolute atomic E-state index is 0.0203. The van der Waals surface area contributed by atoms with Crippen LogP contribution in [0.1, 0.15) is 39.5 Å². The van der Waals surface area contributed by atoms with E-state index in [1.54, 1.807) is 6.33 Å². The SMILES string of the molecule is CC(=O)N[C@@H](C)COC1CC(COc2ncnc3c2ccn3CC2CC2)C1. The van der Waals surface area contributed by atoms with Crippen LogP contribution < -0.4 is 10.1 Å². The van der Waals surface area contributed by atoms with Crippen molar-refractivity contribution in [2.45, 2.75) is 58.2 Å². The van der Waals surface area contributed by atoms with Gasteiger partial charge in [-0.05, 0) is 50.5 Å². The number of ether oxygens (including phenoxy) is 2. The number of amides is 1. The average Bonchev–Trinajstić information content (AvgIpc) is 3.31. The van der Waals surface area contributed by atoms with E-state index < -0.39 is 0 Å². The lowest BCUT2D eigenvalue weighted by molar-refractivity contribution is -0.120. The molecule has 2 aliphatic carbocycles. The fourth-order valence-electron chi connectivity index (χ4n) is 3.63. The highest BCUT2D eigenvalue weighted by Gasteiger charge is 2.31. The molecule has 2 aromatic rings. The Bertz CT molecular complexity index is 796. The molecule has 0 unspecified atom stereocenters. The molecule has 0 aromatic carbocycles. The standard InChI is InChI=1S/C20H28N4O3/c1-13(23-14(2)25)10-26-17-7-16(8-17)11-27-20-18-5-6-24(9-15-3-4-15)19(18)21-12-22-20/h5-6,12-13,15-17H,3-4,7-11H2,1-2H3,(H,23,25)/t13-,16?,17?/m0/s1. The zero-order valence-corrected chi connectivity index (χ0v) is 16.1. The molecule has 1 atom stereocenters. The molecule has 0 bridgehead atoms. The molecule has 2 heterocycles. The van der Waals surface area contributed by atoms with E-state index in [-0.39, 0.29) is 18.1 Å². The van der Waals surface area contributed by atoms with Crippen molar-refractivity contribution in [3.8, 4) is 5.88 Å². The fraction of sp³-hybridized carbons (Fsp3) is 0.650. The molecule has 2 aromatic heterocycles. The van der Waals surface area contributed by atoms with Gasteiger partial charge in [0.2, 0.25) is 11.8 Å². The molecule has 2 saturated carbocycles. The normalized spacial score (nSPS) is 23.0. The second-order valence-corrected chi connectivity index (χ2v) is 8.03. The van der Waals surface area contributed by atoms with E-state index in [2.05, 4.69) is 32.1 Å². The number of hydrogen-bond acceptors (Lipinski definition) is 5. The second-order valence-electron chi connectivity index (χ2n) is 8.03. The first-order valence-corrected chi connectivity index (χ1v) is 9.90. The number of fused-ring (bicyclic) bond motifs is 1. The van der Waals surface area contributed by atoms with Gasteiger partial charge in [0.1, 0.15) is 12.0 Å².